The van der Waals surface area contributed by atoms with Gasteiger partial charge in [0.2, 0.25) is 0 Å². The predicted octanol–water partition coefficient (Wildman–Crippen LogP) is 2.14. The Morgan fingerprint density at radius 2 is 2.05 bits per heavy atom. The maximum atomic E-state index is 5.74. The molecule has 3 rings (SSSR count). The third-order valence-electron chi connectivity index (χ3n) is 3.41. The molecule has 0 aliphatic rings. The smallest absolute Gasteiger partial charge is 0.175 e. The average Bonchev–Trinajstić information content (AvgIpc) is 3.04. The summed E-state index contributed by atoms with van der Waals surface area (Å²) < 4.78 is 3.94. The molecule has 0 aromatic carbocycles. The van der Waals surface area contributed by atoms with Crippen molar-refractivity contribution < 1.29 is 0 Å². The largest absolute Gasteiger partial charge is 0.330 e. The van der Waals surface area contributed by atoms with E-state index in [1.165, 1.54) is 0 Å². The number of fused-ring (bicyclic) bond motifs is 1. The lowest BCUT2D eigenvalue weighted by Crippen LogP contribution is -2.09. The predicted molar refractivity (Wildman–Crippen MR) is 79.2 cm³/mol. The number of hydrogen-bond donors (Lipinski definition) is 1. The van der Waals surface area contributed by atoms with Crippen LogP contribution in [0.15, 0.2) is 36.7 Å². The summed E-state index contributed by atoms with van der Waals surface area (Å²) in [7, 11) is 0. The van der Waals surface area contributed by atoms with Crippen LogP contribution in [-0.4, -0.2) is 25.7 Å². The lowest BCUT2D eigenvalue weighted by Gasteiger charge is -2.03. The molecule has 0 bridgehead atoms. The number of nitrogens with zero attached hydrogens (tertiary/aromatic N) is 4. The van der Waals surface area contributed by atoms with E-state index in [9.17, 15) is 0 Å². The Bertz CT molecular complexity index is 723. The van der Waals surface area contributed by atoms with Crippen molar-refractivity contribution in [1.29, 1.82) is 0 Å². The minimum atomic E-state index is 0.409. The fourth-order valence-corrected chi connectivity index (χ4v) is 2.35. The van der Waals surface area contributed by atoms with Gasteiger partial charge in [-0.1, -0.05) is 19.9 Å². The van der Waals surface area contributed by atoms with Gasteiger partial charge in [-0.2, -0.15) is 5.10 Å². The first-order valence-electron chi connectivity index (χ1n) is 6.92. The van der Waals surface area contributed by atoms with Crippen molar-refractivity contribution in [3.8, 4) is 5.82 Å². The molecule has 2 N–H and O–H groups in total. The highest BCUT2D eigenvalue weighted by Crippen LogP contribution is 2.19. The van der Waals surface area contributed by atoms with Gasteiger partial charge in [-0.15, -0.1) is 0 Å². The molecular weight excluding hydrogens is 250 g/mol. The Balaban J connectivity index is 2.15. The van der Waals surface area contributed by atoms with Crippen LogP contribution < -0.4 is 5.73 Å². The summed E-state index contributed by atoms with van der Waals surface area (Å²) in [5, 5.41) is 4.62. The molecule has 3 aromatic heterocycles. The van der Waals surface area contributed by atoms with Crippen molar-refractivity contribution in [2.45, 2.75) is 26.2 Å². The number of hydrogen-bond acceptors (Lipinski definition) is 3. The Hall–Kier alpha value is -2.14. The van der Waals surface area contributed by atoms with Crippen LogP contribution in [-0.2, 0) is 6.42 Å². The van der Waals surface area contributed by atoms with Crippen LogP contribution >= 0.6 is 0 Å². The Labute approximate surface area is 118 Å². The number of rotatable bonds is 4. The third-order valence-corrected chi connectivity index (χ3v) is 3.41. The zero-order valence-corrected chi connectivity index (χ0v) is 11.8. The molecule has 0 atom stereocenters. The number of nitrogens with two attached hydrogens (primary N) is 1. The Morgan fingerprint density at radius 3 is 2.75 bits per heavy atom. The summed E-state index contributed by atoms with van der Waals surface area (Å²) >= 11 is 0. The van der Waals surface area contributed by atoms with Gasteiger partial charge in [0, 0.05) is 18.8 Å². The quantitative estimate of drug-likeness (QED) is 0.789. The Kier molecular flexibility index (Phi) is 3.28. The van der Waals surface area contributed by atoms with Crippen LogP contribution in [0, 0.1) is 0 Å². The molecule has 3 aromatic rings. The van der Waals surface area contributed by atoms with E-state index < -0.39 is 0 Å². The second kappa shape index (κ2) is 5.09. The van der Waals surface area contributed by atoms with Crippen molar-refractivity contribution in [2.75, 3.05) is 6.54 Å². The molecule has 0 aliphatic carbocycles. The average molecular weight is 269 g/mol. The first kappa shape index (κ1) is 12.9. The van der Waals surface area contributed by atoms with Crippen molar-refractivity contribution in [1.82, 2.24) is 19.2 Å². The monoisotopic (exact) mass is 269 g/mol. The van der Waals surface area contributed by atoms with Crippen molar-refractivity contribution >= 4 is 5.65 Å². The van der Waals surface area contributed by atoms with E-state index in [1.807, 2.05) is 41.3 Å². The molecule has 0 unspecified atom stereocenters. The summed E-state index contributed by atoms with van der Waals surface area (Å²) in [6.45, 7) is 4.86. The number of pyridine rings is 1. The second-order valence-electron chi connectivity index (χ2n) is 5.19. The molecule has 0 saturated carbocycles. The van der Waals surface area contributed by atoms with Gasteiger partial charge in [0.1, 0.15) is 5.65 Å². The fourth-order valence-electron chi connectivity index (χ4n) is 2.35. The van der Waals surface area contributed by atoms with Crippen LogP contribution in [0.4, 0.5) is 0 Å². The first-order valence-corrected chi connectivity index (χ1v) is 6.92. The van der Waals surface area contributed by atoms with E-state index in [0.29, 0.717) is 12.5 Å². The van der Waals surface area contributed by atoms with Gasteiger partial charge >= 0.3 is 0 Å². The summed E-state index contributed by atoms with van der Waals surface area (Å²) in [4.78, 5) is 4.68. The molecule has 20 heavy (non-hydrogen) atoms. The molecule has 0 spiro atoms. The van der Waals surface area contributed by atoms with Gasteiger partial charge in [-0.3, -0.25) is 0 Å². The summed E-state index contributed by atoms with van der Waals surface area (Å²) in [6.07, 6.45) is 4.76. The highest BCUT2D eigenvalue weighted by molar-refractivity contribution is 5.48. The van der Waals surface area contributed by atoms with Crippen molar-refractivity contribution in [2.24, 2.45) is 5.73 Å². The maximum Gasteiger partial charge on any atom is 0.175 e. The molecule has 0 amide bonds. The van der Waals surface area contributed by atoms with Gasteiger partial charge in [-0.25, -0.2) is 9.67 Å². The SMILES string of the molecule is CC(C)c1ccn(-c2nc3ccccn3c2CCN)n1. The van der Waals surface area contributed by atoms with Crippen molar-refractivity contribution in [3.05, 3.63) is 48.0 Å². The molecular formula is C15H19N5. The molecule has 3 heterocycles. The zero-order chi connectivity index (χ0) is 14.1. The van der Waals surface area contributed by atoms with Gasteiger partial charge in [-0.05, 0) is 30.7 Å². The standard InChI is InChI=1S/C15H19N5/c1-11(2)12-7-10-20(18-12)15-13(6-8-16)19-9-4-3-5-14(19)17-15/h3-5,7,9-11H,6,8,16H2,1-2H3. The third kappa shape index (κ3) is 2.10. The number of aromatic nitrogens is 4. The van der Waals surface area contributed by atoms with Gasteiger partial charge < -0.3 is 10.1 Å². The van der Waals surface area contributed by atoms with E-state index >= 15 is 0 Å². The van der Waals surface area contributed by atoms with Crippen LogP contribution in [0.1, 0.15) is 31.2 Å². The molecule has 0 saturated heterocycles. The lowest BCUT2D eigenvalue weighted by atomic mass is 10.1. The molecule has 104 valence electrons. The highest BCUT2D eigenvalue weighted by atomic mass is 15.3. The highest BCUT2D eigenvalue weighted by Gasteiger charge is 2.14. The summed E-state index contributed by atoms with van der Waals surface area (Å²) in [5.41, 5.74) is 8.83. The van der Waals surface area contributed by atoms with E-state index in [2.05, 4.69) is 28.3 Å². The molecule has 0 fully saturated rings. The van der Waals surface area contributed by atoms with E-state index in [4.69, 9.17) is 5.73 Å². The fraction of sp³-hybridized carbons (Fsp3) is 0.333. The molecule has 5 heteroatoms. The van der Waals surface area contributed by atoms with Gasteiger partial charge in [0.05, 0.1) is 11.4 Å². The summed E-state index contributed by atoms with van der Waals surface area (Å²) in [6, 6.07) is 8.03. The zero-order valence-electron chi connectivity index (χ0n) is 11.8. The molecule has 0 aliphatic heterocycles. The van der Waals surface area contributed by atoms with Gasteiger partial charge in [0.15, 0.2) is 5.82 Å². The van der Waals surface area contributed by atoms with Crippen LogP contribution in [0.3, 0.4) is 0 Å². The minimum absolute atomic E-state index is 0.409. The van der Waals surface area contributed by atoms with Crippen molar-refractivity contribution in [3.63, 3.8) is 0 Å². The Morgan fingerprint density at radius 1 is 1.20 bits per heavy atom. The normalized spacial score (nSPS) is 11.6. The van der Waals surface area contributed by atoms with Crippen LogP contribution in [0.2, 0.25) is 0 Å². The summed E-state index contributed by atoms with van der Waals surface area (Å²) in [5.74, 6) is 1.28. The lowest BCUT2D eigenvalue weighted by molar-refractivity contribution is 0.751. The maximum absolute atomic E-state index is 5.74. The topological polar surface area (TPSA) is 61.1 Å². The van der Waals surface area contributed by atoms with E-state index in [0.717, 1.165) is 29.3 Å². The van der Waals surface area contributed by atoms with E-state index in [1.54, 1.807) is 0 Å². The van der Waals surface area contributed by atoms with Crippen LogP contribution in [0.25, 0.3) is 11.5 Å². The van der Waals surface area contributed by atoms with E-state index in [-0.39, 0.29) is 0 Å². The first-order chi connectivity index (χ1) is 9.70. The minimum Gasteiger partial charge on any atom is -0.330 e. The molecule has 0 radical (unpaired) electrons. The van der Waals surface area contributed by atoms with Crippen LogP contribution in [0.5, 0.6) is 0 Å². The van der Waals surface area contributed by atoms with Gasteiger partial charge in [0.25, 0.3) is 0 Å². The molecule has 5 nitrogen and oxygen atoms in total. The number of imidazole rings is 1. The second-order valence-corrected chi connectivity index (χ2v) is 5.19.